The van der Waals surface area contributed by atoms with Gasteiger partial charge in [-0.3, -0.25) is 4.90 Å². The van der Waals surface area contributed by atoms with Gasteiger partial charge in [0.25, 0.3) is 0 Å². The van der Waals surface area contributed by atoms with Crippen LogP contribution in [0.25, 0.3) is 0 Å². The maximum atomic E-state index is 9.88. The molecule has 1 rings (SSSR count). The van der Waals surface area contributed by atoms with Crippen LogP contribution in [0.3, 0.4) is 0 Å². The van der Waals surface area contributed by atoms with E-state index in [0.29, 0.717) is 6.54 Å². The molecule has 1 heterocycles. The molecule has 1 aliphatic heterocycles. The van der Waals surface area contributed by atoms with Gasteiger partial charge in [-0.05, 0) is 13.3 Å². The number of aliphatic hydroxyl groups excluding tert-OH is 1. The number of hydrogen-bond acceptors (Lipinski definition) is 4. The van der Waals surface area contributed by atoms with Gasteiger partial charge >= 0.3 is 0 Å². The minimum Gasteiger partial charge on any atom is -0.389 e. The van der Waals surface area contributed by atoms with Crippen molar-refractivity contribution in [3.8, 4) is 12.3 Å². The first-order chi connectivity index (χ1) is 8.09. The number of hydrogen-bond donors (Lipinski definition) is 1. The van der Waals surface area contributed by atoms with Crippen molar-refractivity contribution in [1.82, 2.24) is 4.90 Å². The molecule has 106 valence electrons. The highest BCUT2D eigenvalue weighted by atomic mass is 35.5. The lowest BCUT2D eigenvalue weighted by molar-refractivity contribution is -0.0558. The molecule has 2 unspecified atom stereocenters. The van der Waals surface area contributed by atoms with E-state index in [9.17, 15) is 5.11 Å². The Balaban J connectivity index is 0.00000289. The van der Waals surface area contributed by atoms with E-state index in [1.54, 1.807) is 0 Å². The molecule has 0 aromatic carbocycles. The molecule has 0 amide bonds. The van der Waals surface area contributed by atoms with E-state index < -0.39 is 11.7 Å². The summed E-state index contributed by atoms with van der Waals surface area (Å²) in [5, 5.41) is 9.88. The van der Waals surface area contributed by atoms with Crippen LogP contribution in [-0.2, 0) is 9.47 Å². The first-order valence-corrected chi connectivity index (χ1v) is 6.19. The van der Waals surface area contributed by atoms with Crippen LogP contribution in [0.1, 0.15) is 20.3 Å². The average molecular weight is 278 g/mol. The summed E-state index contributed by atoms with van der Waals surface area (Å²) in [6.45, 7) is 7.98. The molecule has 0 bridgehead atoms. The van der Waals surface area contributed by atoms with Crippen molar-refractivity contribution >= 4 is 12.4 Å². The van der Waals surface area contributed by atoms with Crippen LogP contribution in [0.4, 0.5) is 0 Å². The number of aliphatic hydroxyl groups is 1. The van der Waals surface area contributed by atoms with Gasteiger partial charge in [-0.15, -0.1) is 18.8 Å². The number of morpholine rings is 1. The molecule has 0 spiro atoms. The molecule has 1 fully saturated rings. The van der Waals surface area contributed by atoms with Crippen LogP contribution in [0, 0.1) is 12.3 Å². The predicted molar refractivity (Wildman–Crippen MR) is 74.0 cm³/mol. The molecule has 0 aliphatic carbocycles. The van der Waals surface area contributed by atoms with E-state index in [4.69, 9.17) is 15.9 Å². The Kier molecular flexibility index (Phi) is 8.58. The number of nitrogens with zero attached hydrogens (tertiary/aromatic N) is 1. The number of ether oxygens (including phenoxy) is 2. The summed E-state index contributed by atoms with van der Waals surface area (Å²) in [5.74, 6) is 2.62. The third kappa shape index (κ3) is 6.03. The predicted octanol–water partition coefficient (Wildman–Crippen LogP) is 0.920. The van der Waals surface area contributed by atoms with Crippen LogP contribution >= 0.6 is 12.4 Å². The first-order valence-electron chi connectivity index (χ1n) is 6.19. The van der Waals surface area contributed by atoms with Crippen molar-refractivity contribution < 1.29 is 14.6 Å². The highest BCUT2D eigenvalue weighted by Gasteiger charge is 2.22. The monoisotopic (exact) mass is 277 g/mol. The minimum absolute atomic E-state index is 0. The Morgan fingerprint density at radius 2 is 2.11 bits per heavy atom. The van der Waals surface area contributed by atoms with E-state index in [2.05, 4.69) is 10.8 Å². The second-order valence-electron chi connectivity index (χ2n) is 4.61. The standard InChI is InChI=1S/C13H23NO3.ClH/c1-4-13(3,5-2)17-11-12(15)10-14-6-8-16-9-7-14;/h1,12,15H,5-11H2,2-3H3;1H. The van der Waals surface area contributed by atoms with Crippen molar-refractivity contribution in [3.63, 3.8) is 0 Å². The summed E-state index contributed by atoms with van der Waals surface area (Å²) in [4.78, 5) is 2.18. The van der Waals surface area contributed by atoms with Gasteiger partial charge in [0.1, 0.15) is 5.60 Å². The molecule has 5 heteroatoms. The van der Waals surface area contributed by atoms with Crippen LogP contribution in [0.2, 0.25) is 0 Å². The van der Waals surface area contributed by atoms with Crippen LogP contribution in [0.5, 0.6) is 0 Å². The first kappa shape index (κ1) is 17.7. The highest BCUT2D eigenvalue weighted by Crippen LogP contribution is 2.14. The number of β-amino-alcohol motifs (C(OH)–C–C–N with tert-alkyl or cyclic N) is 1. The normalized spacial score (nSPS) is 21.4. The lowest BCUT2D eigenvalue weighted by Gasteiger charge is -2.30. The smallest absolute Gasteiger partial charge is 0.125 e. The minimum atomic E-state index is -0.564. The largest absolute Gasteiger partial charge is 0.389 e. The quantitative estimate of drug-likeness (QED) is 0.733. The molecule has 2 atom stereocenters. The van der Waals surface area contributed by atoms with Crippen LogP contribution in [0.15, 0.2) is 0 Å². The summed E-state index contributed by atoms with van der Waals surface area (Å²) in [5.41, 5.74) is -0.564. The van der Waals surface area contributed by atoms with Gasteiger partial charge in [-0.25, -0.2) is 0 Å². The van der Waals surface area contributed by atoms with Gasteiger partial charge in [0.15, 0.2) is 0 Å². The molecular weight excluding hydrogens is 254 g/mol. The van der Waals surface area contributed by atoms with Gasteiger partial charge in [0, 0.05) is 19.6 Å². The van der Waals surface area contributed by atoms with E-state index in [1.807, 2.05) is 13.8 Å². The zero-order chi connectivity index (χ0) is 12.7. The van der Waals surface area contributed by atoms with Crippen molar-refractivity contribution in [2.75, 3.05) is 39.5 Å². The van der Waals surface area contributed by atoms with Crippen molar-refractivity contribution in [1.29, 1.82) is 0 Å². The average Bonchev–Trinajstić information content (AvgIpc) is 2.37. The van der Waals surface area contributed by atoms with E-state index in [0.717, 1.165) is 32.7 Å². The lowest BCUT2D eigenvalue weighted by Crippen LogP contribution is -2.43. The molecule has 1 saturated heterocycles. The van der Waals surface area contributed by atoms with Gasteiger partial charge in [0.05, 0.1) is 25.9 Å². The number of terminal acetylenes is 1. The molecule has 0 radical (unpaired) electrons. The molecule has 0 aromatic rings. The Labute approximate surface area is 116 Å². The maximum Gasteiger partial charge on any atom is 0.125 e. The zero-order valence-electron chi connectivity index (χ0n) is 11.2. The van der Waals surface area contributed by atoms with Crippen molar-refractivity contribution in [2.45, 2.75) is 32.0 Å². The molecule has 1 N–H and O–H groups in total. The summed E-state index contributed by atoms with van der Waals surface area (Å²) in [7, 11) is 0. The fraction of sp³-hybridized carbons (Fsp3) is 0.846. The van der Waals surface area contributed by atoms with Gasteiger partial charge in [-0.1, -0.05) is 12.8 Å². The topological polar surface area (TPSA) is 41.9 Å². The summed E-state index contributed by atoms with van der Waals surface area (Å²) < 4.78 is 10.8. The summed E-state index contributed by atoms with van der Waals surface area (Å²) in [6.07, 6.45) is 5.66. The summed E-state index contributed by atoms with van der Waals surface area (Å²) >= 11 is 0. The Morgan fingerprint density at radius 1 is 1.50 bits per heavy atom. The molecule has 0 aromatic heterocycles. The number of halogens is 1. The fourth-order valence-electron chi connectivity index (χ4n) is 1.66. The van der Waals surface area contributed by atoms with Gasteiger partial charge in [0.2, 0.25) is 0 Å². The summed E-state index contributed by atoms with van der Waals surface area (Å²) in [6, 6.07) is 0. The van der Waals surface area contributed by atoms with Crippen LogP contribution in [-0.4, -0.2) is 61.2 Å². The fourth-order valence-corrected chi connectivity index (χ4v) is 1.66. The Bertz CT molecular complexity index is 263. The van der Waals surface area contributed by atoms with E-state index in [1.165, 1.54) is 0 Å². The molecule has 0 saturated carbocycles. The van der Waals surface area contributed by atoms with Crippen molar-refractivity contribution in [3.05, 3.63) is 0 Å². The second-order valence-corrected chi connectivity index (χ2v) is 4.61. The van der Waals surface area contributed by atoms with Crippen molar-refractivity contribution in [2.24, 2.45) is 0 Å². The molecule has 18 heavy (non-hydrogen) atoms. The SMILES string of the molecule is C#CC(C)(CC)OCC(O)CN1CCOCC1.Cl. The Morgan fingerprint density at radius 3 is 2.61 bits per heavy atom. The van der Waals surface area contributed by atoms with Gasteiger partial charge < -0.3 is 14.6 Å². The zero-order valence-corrected chi connectivity index (χ0v) is 12.0. The molecule has 1 aliphatic rings. The lowest BCUT2D eigenvalue weighted by atomic mass is 10.1. The second kappa shape index (κ2) is 8.73. The third-order valence-corrected chi connectivity index (χ3v) is 3.15. The van der Waals surface area contributed by atoms with Gasteiger partial charge in [-0.2, -0.15) is 0 Å². The molecular formula is C13H24ClNO3. The van der Waals surface area contributed by atoms with Crippen LogP contribution < -0.4 is 0 Å². The van der Waals surface area contributed by atoms with E-state index in [-0.39, 0.29) is 19.0 Å². The number of rotatable bonds is 6. The Hall–Kier alpha value is -0.310. The third-order valence-electron chi connectivity index (χ3n) is 3.15. The highest BCUT2D eigenvalue weighted by molar-refractivity contribution is 5.85. The molecule has 4 nitrogen and oxygen atoms in total. The van der Waals surface area contributed by atoms with E-state index >= 15 is 0 Å². The maximum absolute atomic E-state index is 9.88.